The summed E-state index contributed by atoms with van der Waals surface area (Å²) < 4.78 is 0. The van der Waals surface area contributed by atoms with Crippen molar-refractivity contribution < 1.29 is 9.90 Å². The van der Waals surface area contributed by atoms with E-state index < -0.39 is 5.54 Å². The van der Waals surface area contributed by atoms with Gasteiger partial charge in [-0.15, -0.1) is 0 Å². The average molecular weight is 229 g/mol. The molecule has 3 nitrogen and oxygen atoms in total. The van der Waals surface area contributed by atoms with Crippen LogP contribution in [-0.4, -0.2) is 34.7 Å². The molecule has 15 heavy (non-hydrogen) atoms. The maximum atomic E-state index is 11.6. The molecule has 0 aromatic rings. The van der Waals surface area contributed by atoms with E-state index in [4.69, 9.17) is 5.11 Å². The van der Waals surface area contributed by atoms with E-state index >= 15 is 0 Å². The summed E-state index contributed by atoms with van der Waals surface area (Å²) in [6.07, 6.45) is 3.71. The van der Waals surface area contributed by atoms with Gasteiger partial charge in [0.15, 0.2) is 0 Å². The van der Waals surface area contributed by atoms with Crippen molar-refractivity contribution >= 4 is 17.7 Å². The fourth-order valence-electron chi connectivity index (χ4n) is 1.37. The van der Waals surface area contributed by atoms with E-state index in [1.807, 2.05) is 11.8 Å². The van der Waals surface area contributed by atoms with Gasteiger partial charge in [-0.25, -0.2) is 0 Å². The van der Waals surface area contributed by atoms with Crippen LogP contribution < -0.4 is 5.32 Å². The van der Waals surface area contributed by atoms with E-state index in [9.17, 15) is 4.79 Å². The molecular weight excluding hydrogens is 210 g/mol. The van der Waals surface area contributed by atoms with Crippen LogP contribution in [0.15, 0.2) is 11.6 Å². The zero-order chi connectivity index (χ0) is 11.3. The van der Waals surface area contributed by atoms with Gasteiger partial charge >= 0.3 is 0 Å². The number of aliphatic hydroxyl groups is 1. The van der Waals surface area contributed by atoms with Crippen LogP contribution in [0.25, 0.3) is 0 Å². The number of allylic oxidation sites excluding steroid dienone is 1. The van der Waals surface area contributed by atoms with Crippen molar-refractivity contribution in [3.8, 4) is 0 Å². The van der Waals surface area contributed by atoms with Gasteiger partial charge in [-0.05, 0) is 38.2 Å². The number of rotatable bonds is 3. The molecule has 1 fully saturated rings. The molecule has 0 saturated carbocycles. The number of amides is 1. The fourth-order valence-corrected chi connectivity index (χ4v) is 2.39. The molecule has 0 aromatic carbocycles. The SMILES string of the molecule is CC(C)(CO)NC(=O)C=C1CCSCC1. The number of carbonyl (C=O) groups excluding carboxylic acids is 1. The highest BCUT2D eigenvalue weighted by atomic mass is 32.2. The molecule has 2 N–H and O–H groups in total. The highest BCUT2D eigenvalue weighted by Gasteiger charge is 2.18. The molecule has 1 amide bonds. The van der Waals surface area contributed by atoms with Crippen LogP contribution in [0.4, 0.5) is 0 Å². The summed E-state index contributed by atoms with van der Waals surface area (Å²) in [5.74, 6) is 2.14. The minimum atomic E-state index is -0.530. The largest absolute Gasteiger partial charge is 0.394 e. The summed E-state index contributed by atoms with van der Waals surface area (Å²) in [6.45, 7) is 3.57. The maximum Gasteiger partial charge on any atom is 0.244 e. The normalized spacial score (nSPS) is 17.4. The Kier molecular flexibility index (Phi) is 4.67. The van der Waals surface area contributed by atoms with Gasteiger partial charge in [0.05, 0.1) is 12.1 Å². The molecule has 0 unspecified atom stereocenters. The third-order valence-electron chi connectivity index (χ3n) is 2.33. The Balaban J connectivity index is 2.47. The second-order valence-electron chi connectivity index (χ2n) is 4.45. The molecule has 0 aromatic heterocycles. The lowest BCUT2D eigenvalue weighted by molar-refractivity contribution is -0.118. The van der Waals surface area contributed by atoms with E-state index in [-0.39, 0.29) is 12.5 Å². The van der Waals surface area contributed by atoms with Crippen molar-refractivity contribution in [1.82, 2.24) is 5.32 Å². The first-order valence-electron chi connectivity index (χ1n) is 5.24. The number of hydrogen-bond acceptors (Lipinski definition) is 3. The molecule has 1 saturated heterocycles. The average Bonchev–Trinajstić information content (AvgIpc) is 2.18. The summed E-state index contributed by atoms with van der Waals surface area (Å²) in [7, 11) is 0. The smallest absolute Gasteiger partial charge is 0.244 e. The first kappa shape index (κ1) is 12.6. The van der Waals surface area contributed by atoms with Gasteiger partial charge in [0.1, 0.15) is 0 Å². The lowest BCUT2D eigenvalue weighted by atomic mass is 10.1. The van der Waals surface area contributed by atoms with E-state index in [2.05, 4.69) is 5.32 Å². The molecule has 1 rings (SSSR count). The second-order valence-corrected chi connectivity index (χ2v) is 5.67. The van der Waals surface area contributed by atoms with Crippen LogP contribution in [-0.2, 0) is 4.79 Å². The summed E-state index contributed by atoms with van der Waals surface area (Å²) in [4.78, 5) is 11.6. The van der Waals surface area contributed by atoms with E-state index in [0.717, 1.165) is 24.3 Å². The Morgan fingerprint density at radius 2 is 2.13 bits per heavy atom. The first-order chi connectivity index (χ1) is 7.03. The monoisotopic (exact) mass is 229 g/mol. The Morgan fingerprint density at radius 1 is 1.53 bits per heavy atom. The standard InChI is InChI=1S/C11H19NO2S/c1-11(2,8-13)12-10(14)7-9-3-5-15-6-4-9/h7,13H,3-6,8H2,1-2H3,(H,12,14). The summed E-state index contributed by atoms with van der Waals surface area (Å²) in [5, 5.41) is 11.8. The van der Waals surface area contributed by atoms with Crippen LogP contribution in [0.3, 0.4) is 0 Å². The number of hydrogen-bond donors (Lipinski definition) is 2. The fraction of sp³-hybridized carbons (Fsp3) is 0.727. The quantitative estimate of drug-likeness (QED) is 0.718. The summed E-state index contributed by atoms with van der Waals surface area (Å²) >= 11 is 1.93. The van der Waals surface area contributed by atoms with Crippen LogP contribution in [0.2, 0.25) is 0 Å². The van der Waals surface area contributed by atoms with E-state index in [1.165, 1.54) is 5.57 Å². The molecule has 0 aliphatic carbocycles. The van der Waals surface area contributed by atoms with Crippen LogP contribution in [0.5, 0.6) is 0 Å². The molecule has 4 heteroatoms. The van der Waals surface area contributed by atoms with E-state index in [0.29, 0.717) is 0 Å². The molecular formula is C11H19NO2S. The summed E-state index contributed by atoms with van der Waals surface area (Å²) in [6, 6.07) is 0. The van der Waals surface area contributed by atoms with Gasteiger partial charge in [-0.1, -0.05) is 5.57 Å². The van der Waals surface area contributed by atoms with Crippen molar-refractivity contribution in [2.75, 3.05) is 18.1 Å². The van der Waals surface area contributed by atoms with Gasteiger partial charge in [-0.2, -0.15) is 11.8 Å². The lowest BCUT2D eigenvalue weighted by Crippen LogP contribution is -2.45. The van der Waals surface area contributed by atoms with Crippen molar-refractivity contribution in [2.45, 2.75) is 32.2 Å². The third-order valence-corrected chi connectivity index (χ3v) is 3.31. The van der Waals surface area contributed by atoms with Gasteiger partial charge in [-0.3, -0.25) is 4.79 Å². The third kappa shape index (κ3) is 4.71. The van der Waals surface area contributed by atoms with Crippen LogP contribution >= 0.6 is 11.8 Å². The molecule has 0 radical (unpaired) electrons. The highest BCUT2D eigenvalue weighted by Crippen LogP contribution is 2.21. The predicted octanol–water partition coefficient (Wildman–Crippen LogP) is 1.33. The van der Waals surface area contributed by atoms with Crippen LogP contribution in [0, 0.1) is 0 Å². The predicted molar refractivity (Wildman–Crippen MR) is 63.9 cm³/mol. The molecule has 1 heterocycles. The van der Waals surface area contributed by atoms with E-state index in [1.54, 1.807) is 19.9 Å². The molecule has 0 atom stereocenters. The van der Waals surface area contributed by atoms with Crippen molar-refractivity contribution in [2.24, 2.45) is 0 Å². The lowest BCUT2D eigenvalue weighted by Gasteiger charge is -2.23. The highest BCUT2D eigenvalue weighted by molar-refractivity contribution is 7.99. The van der Waals surface area contributed by atoms with Crippen molar-refractivity contribution in [1.29, 1.82) is 0 Å². The zero-order valence-corrected chi connectivity index (χ0v) is 10.2. The van der Waals surface area contributed by atoms with Gasteiger partial charge in [0.2, 0.25) is 5.91 Å². The number of carbonyl (C=O) groups is 1. The number of aliphatic hydroxyl groups excluding tert-OH is 1. The van der Waals surface area contributed by atoms with Gasteiger partial charge in [0.25, 0.3) is 0 Å². The number of nitrogens with one attached hydrogen (secondary N) is 1. The minimum absolute atomic E-state index is 0.0439. The van der Waals surface area contributed by atoms with Crippen molar-refractivity contribution in [3.05, 3.63) is 11.6 Å². The Hall–Kier alpha value is -0.480. The molecule has 1 aliphatic rings. The van der Waals surface area contributed by atoms with Gasteiger partial charge < -0.3 is 10.4 Å². The minimum Gasteiger partial charge on any atom is -0.394 e. The summed E-state index contributed by atoms with van der Waals surface area (Å²) in [5.41, 5.74) is 0.692. The molecule has 86 valence electrons. The Labute approximate surface area is 95.3 Å². The zero-order valence-electron chi connectivity index (χ0n) is 9.38. The number of thioether (sulfide) groups is 1. The van der Waals surface area contributed by atoms with Crippen LogP contribution in [0.1, 0.15) is 26.7 Å². The maximum absolute atomic E-state index is 11.6. The Bertz CT molecular complexity index is 253. The van der Waals surface area contributed by atoms with Gasteiger partial charge in [0, 0.05) is 6.08 Å². The molecule has 0 spiro atoms. The molecule has 0 bridgehead atoms. The topological polar surface area (TPSA) is 49.3 Å². The van der Waals surface area contributed by atoms with Crippen molar-refractivity contribution in [3.63, 3.8) is 0 Å². The Morgan fingerprint density at radius 3 is 2.67 bits per heavy atom. The molecule has 1 aliphatic heterocycles. The first-order valence-corrected chi connectivity index (χ1v) is 6.39. The second kappa shape index (κ2) is 5.56.